The molecule has 0 amide bonds. The van der Waals surface area contributed by atoms with Crippen LogP contribution in [0.1, 0.15) is 10.4 Å². The van der Waals surface area contributed by atoms with E-state index in [0.29, 0.717) is 18.8 Å². The molecule has 0 aliphatic carbocycles. The monoisotopic (exact) mass is 251 g/mol. The summed E-state index contributed by atoms with van der Waals surface area (Å²) in [5.41, 5.74) is 1.50. The van der Waals surface area contributed by atoms with Gasteiger partial charge in [0.25, 0.3) is 0 Å². The largest absolute Gasteiger partial charge is 0.465 e. The molecule has 0 radical (unpaired) electrons. The van der Waals surface area contributed by atoms with Crippen LogP contribution in [-0.2, 0) is 9.47 Å². The molecular formula is C13H17NO4. The molecule has 1 N–H and O–H groups in total. The number of benzene rings is 1. The number of methoxy groups -OCH3 is 1. The van der Waals surface area contributed by atoms with Gasteiger partial charge in [0.2, 0.25) is 0 Å². The summed E-state index contributed by atoms with van der Waals surface area (Å²) in [6, 6.07) is 7.15. The maximum absolute atomic E-state index is 11.3. The molecule has 1 aromatic carbocycles. The van der Waals surface area contributed by atoms with Crippen LogP contribution < -0.4 is 4.90 Å². The topological polar surface area (TPSA) is 59.0 Å². The van der Waals surface area contributed by atoms with Gasteiger partial charge in [0.15, 0.2) is 0 Å². The molecule has 1 unspecified atom stereocenters. The van der Waals surface area contributed by atoms with Crippen molar-refractivity contribution in [3.8, 4) is 0 Å². The van der Waals surface area contributed by atoms with Gasteiger partial charge in [-0.1, -0.05) is 0 Å². The zero-order chi connectivity index (χ0) is 13.0. The number of hydrogen-bond acceptors (Lipinski definition) is 5. The molecule has 0 saturated carbocycles. The number of aliphatic hydroxyl groups is 1. The molecule has 1 aliphatic heterocycles. The number of rotatable bonds is 3. The molecule has 1 saturated heterocycles. The Morgan fingerprint density at radius 3 is 2.83 bits per heavy atom. The highest BCUT2D eigenvalue weighted by atomic mass is 16.5. The molecule has 1 atom stereocenters. The molecule has 1 aliphatic rings. The van der Waals surface area contributed by atoms with Crippen LogP contribution in [0.3, 0.4) is 0 Å². The third-order valence-electron chi connectivity index (χ3n) is 3.06. The first-order valence-corrected chi connectivity index (χ1v) is 5.90. The van der Waals surface area contributed by atoms with Crippen molar-refractivity contribution in [2.24, 2.45) is 0 Å². The van der Waals surface area contributed by atoms with E-state index in [0.717, 1.165) is 12.2 Å². The van der Waals surface area contributed by atoms with Crippen LogP contribution in [0.2, 0.25) is 0 Å². The number of ether oxygens (including phenoxy) is 2. The summed E-state index contributed by atoms with van der Waals surface area (Å²) in [7, 11) is 1.36. The second-order valence-electron chi connectivity index (χ2n) is 4.14. The van der Waals surface area contributed by atoms with E-state index in [2.05, 4.69) is 9.64 Å². The number of morpholine rings is 1. The Morgan fingerprint density at radius 1 is 1.50 bits per heavy atom. The third kappa shape index (κ3) is 2.63. The van der Waals surface area contributed by atoms with E-state index in [-0.39, 0.29) is 18.6 Å². The summed E-state index contributed by atoms with van der Waals surface area (Å²) in [6.07, 6.45) is 0. The number of carbonyl (C=O) groups excluding carboxylic acids is 1. The Balaban J connectivity index is 2.15. The van der Waals surface area contributed by atoms with E-state index in [1.165, 1.54) is 7.11 Å². The summed E-state index contributed by atoms with van der Waals surface area (Å²) < 4.78 is 9.98. The molecule has 98 valence electrons. The maximum atomic E-state index is 11.3. The van der Waals surface area contributed by atoms with E-state index in [1.807, 2.05) is 12.1 Å². The standard InChI is InChI=1S/C13H17NO4/c1-17-13(16)10-2-4-11(5-3-10)14-6-7-18-9-12(14)8-15/h2-5,12,15H,6-9H2,1H3. The predicted octanol–water partition coefficient (Wildman–Crippen LogP) is 0.671. The van der Waals surface area contributed by atoms with Crippen molar-refractivity contribution in [2.75, 3.05) is 38.4 Å². The van der Waals surface area contributed by atoms with Crippen LogP contribution in [0.4, 0.5) is 5.69 Å². The van der Waals surface area contributed by atoms with Crippen molar-refractivity contribution in [3.63, 3.8) is 0 Å². The zero-order valence-corrected chi connectivity index (χ0v) is 10.3. The average Bonchev–Trinajstić information content (AvgIpc) is 2.46. The Morgan fingerprint density at radius 2 is 2.22 bits per heavy atom. The van der Waals surface area contributed by atoms with Crippen LogP contribution >= 0.6 is 0 Å². The third-order valence-corrected chi connectivity index (χ3v) is 3.06. The van der Waals surface area contributed by atoms with Gasteiger partial charge in [-0.25, -0.2) is 4.79 Å². The van der Waals surface area contributed by atoms with Gasteiger partial charge >= 0.3 is 5.97 Å². The molecule has 0 aromatic heterocycles. The van der Waals surface area contributed by atoms with Crippen LogP contribution in [-0.4, -0.2) is 50.6 Å². The van der Waals surface area contributed by atoms with E-state index in [1.54, 1.807) is 12.1 Å². The number of esters is 1. The first-order chi connectivity index (χ1) is 8.76. The quantitative estimate of drug-likeness (QED) is 0.800. The zero-order valence-electron chi connectivity index (χ0n) is 10.3. The minimum atomic E-state index is -0.345. The molecule has 1 aromatic rings. The molecule has 0 bridgehead atoms. The van der Waals surface area contributed by atoms with Crippen molar-refractivity contribution in [3.05, 3.63) is 29.8 Å². The summed E-state index contributed by atoms with van der Waals surface area (Å²) in [5, 5.41) is 9.31. The van der Waals surface area contributed by atoms with Crippen LogP contribution in [0.5, 0.6) is 0 Å². The van der Waals surface area contributed by atoms with Gasteiger partial charge in [0, 0.05) is 12.2 Å². The molecule has 1 heterocycles. The molecule has 18 heavy (non-hydrogen) atoms. The number of carbonyl (C=O) groups is 1. The first-order valence-electron chi connectivity index (χ1n) is 5.90. The highest BCUT2D eigenvalue weighted by molar-refractivity contribution is 5.89. The van der Waals surface area contributed by atoms with E-state index in [9.17, 15) is 9.90 Å². The second kappa shape index (κ2) is 5.84. The lowest BCUT2D eigenvalue weighted by atomic mass is 10.1. The molecule has 1 fully saturated rings. The number of anilines is 1. The lowest BCUT2D eigenvalue weighted by Crippen LogP contribution is -2.47. The van der Waals surface area contributed by atoms with Crippen molar-refractivity contribution >= 4 is 11.7 Å². The summed E-state index contributed by atoms with van der Waals surface area (Å²) in [4.78, 5) is 13.4. The van der Waals surface area contributed by atoms with Gasteiger partial charge in [-0.2, -0.15) is 0 Å². The maximum Gasteiger partial charge on any atom is 0.337 e. The minimum absolute atomic E-state index is 0.0253. The van der Waals surface area contributed by atoms with Gasteiger partial charge in [-0.3, -0.25) is 0 Å². The number of aliphatic hydroxyl groups excluding tert-OH is 1. The summed E-state index contributed by atoms with van der Waals surface area (Å²) in [5.74, 6) is -0.345. The van der Waals surface area contributed by atoms with Gasteiger partial charge in [-0.15, -0.1) is 0 Å². The van der Waals surface area contributed by atoms with Crippen LogP contribution in [0.15, 0.2) is 24.3 Å². The molecule has 0 spiro atoms. The Kier molecular flexibility index (Phi) is 4.17. The average molecular weight is 251 g/mol. The van der Waals surface area contributed by atoms with E-state index >= 15 is 0 Å². The summed E-state index contributed by atoms with van der Waals surface area (Å²) >= 11 is 0. The second-order valence-corrected chi connectivity index (χ2v) is 4.14. The van der Waals surface area contributed by atoms with Crippen LogP contribution in [0.25, 0.3) is 0 Å². The minimum Gasteiger partial charge on any atom is -0.465 e. The Hall–Kier alpha value is -1.59. The predicted molar refractivity (Wildman–Crippen MR) is 66.8 cm³/mol. The van der Waals surface area contributed by atoms with Crippen molar-refractivity contribution in [1.29, 1.82) is 0 Å². The van der Waals surface area contributed by atoms with E-state index < -0.39 is 0 Å². The van der Waals surface area contributed by atoms with Gasteiger partial charge in [-0.05, 0) is 24.3 Å². The molecule has 5 nitrogen and oxygen atoms in total. The van der Waals surface area contributed by atoms with Gasteiger partial charge < -0.3 is 19.5 Å². The first kappa shape index (κ1) is 12.9. The smallest absolute Gasteiger partial charge is 0.337 e. The summed E-state index contributed by atoms with van der Waals surface area (Å²) in [6.45, 7) is 1.96. The SMILES string of the molecule is COC(=O)c1ccc(N2CCOCC2CO)cc1. The highest BCUT2D eigenvalue weighted by Crippen LogP contribution is 2.20. The van der Waals surface area contributed by atoms with Gasteiger partial charge in [0.05, 0.1) is 38.5 Å². The van der Waals surface area contributed by atoms with E-state index in [4.69, 9.17) is 4.74 Å². The fraction of sp³-hybridized carbons (Fsp3) is 0.462. The Labute approximate surface area is 106 Å². The van der Waals surface area contributed by atoms with Gasteiger partial charge in [0.1, 0.15) is 0 Å². The molecule has 2 rings (SSSR count). The molecule has 5 heteroatoms. The lowest BCUT2D eigenvalue weighted by molar-refractivity contribution is 0.0600. The lowest BCUT2D eigenvalue weighted by Gasteiger charge is -2.36. The van der Waals surface area contributed by atoms with Crippen molar-refractivity contribution in [2.45, 2.75) is 6.04 Å². The van der Waals surface area contributed by atoms with Crippen molar-refractivity contribution in [1.82, 2.24) is 0 Å². The number of nitrogens with zero attached hydrogens (tertiary/aromatic N) is 1. The molecular weight excluding hydrogens is 234 g/mol. The fourth-order valence-electron chi connectivity index (χ4n) is 2.05. The van der Waals surface area contributed by atoms with Crippen LogP contribution in [0, 0.1) is 0 Å². The Bertz CT molecular complexity index is 404. The normalized spacial score (nSPS) is 19.7. The van der Waals surface area contributed by atoms with Crippen molar-refractivity contribution < 1.29 is 19.4 Å². The highest BCUT2D eigenvalue weighted by Gasteiger charge is 2.22. The fourth-order valence-corrected chi connectivity index (χ4v) is 2.05. The number of hydrogen-bond donors (Lipinski definition) is 1.